The van der Waals surface area contributed by atoms with Crippen LogP contribution in [0.25, 0.3) is 22.6 Å². The van der Waals surface area contributed by atoms with E-state index in [1.54, 1.807) is 29.7 Å². The van der Waals surface area contributed by atoms with Crippen LogP contribution in [-0.4, -0.2) is 32.6 Å². The molecule has 1 saturated heterocycles. The van der Waals surface area contributed by atoms with Gasteiger partial charge >= 0.3 is 0 Å². The van der Waals surface area contributed by atoms with Crippen molar-refractivity contribution in [3.8, 4) is 11.4 Å². The van der Waals surface area contributed by atoms with Gasteiger partial charge in [0.2, 0.25) is 5.95 Å². The number of piperidine rings is 1. The predicted molar refractivity (Wildman–Crippen MR) is 123 cm³/mol. The summed E-state index contributed by atoms with van der Waals surface area (Å²) in [6, 6.07) is 8.78. The van der Waals surface area contributed by atoms with Gasteiger partial charge in [-0.3, -0.25) is 0 Å². The van der Waals surface area contributed by atoms with Gasteiger partial charge in [-0.05, 0) is 55.4 Å². The molecule has 4 heterocycles. The number of benzene rings is 1. The number of aromatic nitrogens is 4. The Balaban J connectivity index is 1.57. The molecule has 31 heavy (non-hydrogen) atoms. The van der Waals surface area contributed by atoms with Crippen molar-refractivity contribution in [2.24, 2.45) is 5.92 Å². The Morgan fingerprint density at radius 1 is 1.26 bits per heavy atom. The zero-order valence-corrected chi connectivity index (χ0v) is 18.4. The summed E-state index contributed by atoms with van der Waals surface area (Å²) >= 11 is 8.07. The zero-order valence-electron chi connectivity index (χ0n) is 16.8. The molecule has 6 nitrogen and oxygen atoms in total. The molecule has 9 heteroatoms. The van der Waals surface area contributed by atoms with Crippen molar-refractivity contribution in [2.45, 2.75) is 25.9 Å². The Kier molecular flexibility index (Phi) is 5.85. The van der Waals surface area contributed by atoms with Crippen molar-refractivity contribution in [1.82, 2.24) is 24.8 Å². The van der Waals surface area contributed by atoms with Gasteiger partial charge in [0.15, 0.2) is 5.65 Å². The van der Waals surface area contributed by atoms with Crippen molar-refractivity contribution < 1.29 is 4.39 Å². The Labute approximate surface area is 188 Å². The summed E-state index contributed by atoms with van der Waals surface area (Å²) in [7, 11) is 0. The molecule has 1 aliphatic heterocycles. The lowest BCUT2D eigenvalue weighted by Gasteiger charge is -2.24. The third-order valence-electron chi connectivity index (χ3n) is 5.51. The summed E-state index contributed by atoms with van der Waals surface area (Å²) in [5.74, 6) is 1.03. The molecule has 1 fully saturated rings. The SMILES string of the molecule is Fc1cccc(Cl)c1-c1nc2cnc(NCc3cccs3)nc2n1C[C@@H]1CCCNC1. The lowest BCUT2D eigenvalue weighted by molar-refractivity contribution is 0.341. The summed E-state index contributed by atoms with van der Waals surface area (Å²) < 4.78 is 16.8. The third-order valence-corrected chi connectivity index (χ3v) is 6.71. The standard InChI is InChI=1S/C22H22ClFN6S/c23-16-6-1-7-17(24)19(16)21-28-18-12-27-22(26-11-15-5-3-9-31-15)29-20(18)30(21)13-14-4-2-8-25-10-14/h1,3,5-7,9,12,14,25H,2,4,8,10-11,13H2,(H,26,27,29)/t14-/m1/s1. The molecule has 0 radical (unpaired) electrons. The Bertz CT molecular complexity index is 1170. The predicted octanol–water partition coefficient (Wildman–Crippen LogP) is 4.96. The number of imidazole rings is 1. The minimum Gasteiger partial charge on any atom is -0.349 e. The van der Waals surface area contributed by atoms with Gasteiger partial charge in [-0.1, -0.05) is 23.7 Å². The van der Waals surface area contributed by atoms with Crippen LogP contribution in [0.2, 0.25) is 5.02 Å². The second-order valence-electron chi connectivity index (χ2n) is 7.69. The molecule has 3 aromatic heterocycles. The fourth-order valence-electron chi connectivity index (χ4n) is 4.00. The number of anilines is 1. The highest BCUT2D eigenvalue weighted by molar-refractivity contribution is 7.09. The fraction of sp³-hybridized carbons (Fsp3) is 0.318. The number of hydrogen-bond acceptors (Lipinski definition) is 6. The van der Waals surface area contributed by atoms with Crippen molar-refractivity contribution >= 4 is 40.0 Å². The molecule has 0 saturated carbocycles. The minimum atomic E-state index is -0.394. The van der Waals surface area contributed by atoms with E-state index in [0.29, 0.717) is 52.5 Å². The Morgan fingerprint density at radius 3 is 2.97 bits per heavy atom. The molecule has 1 aliphatic rings. The molecule has 5 rings (SSSR count). The van der Waals surface area contributed by atoms with E-state index in [1.165, 1.54) is 10.9 Å². The molecular formula is C22H22ClFN6S. The van der Waals surface area contributed by atoms with Gasteiger partial charge in [-0.2, -0.15) is 4.98 Å². The van der Waals surface area contributed by atoms with Crippen LogP contribution in [-0.2, 0) is 13.1 Å². The molecule has 2 N–H and O–H groups in total. The van der Waals surface area contributed by atoms with Crippen molar-refractivity contribution in [1.29, 1.82) is 0 Å². The first-order chi connectivity index (χ1) is 15.2. The zero-order chi connectivity index (χ0) is 21.2. The molecule has 4 aromatic rings. The third kappa shape index (κ3) is 4.28. The average Bonchev–Trinajstić information content (AvgIpc) is 3.41. The monoisotopic (exact) mass is 456 g/mol. The Hall–Kier alpha value is -2.55. The number of fused-ring (bicyclic) bond motifs is 1. The summed E-state index contributed by atoms with van der Waals surface area (Å²) in [5.41, 5.74) is 1.61. The normalized spacial score (nSPS) is 16.6. The van der Waals surface area contributed by atoms with E-state index >= 15 is 0 Å². The van der Waals surface area contributed by atoms with Crippen LogP contribution >= 0.6 is 22.9 Å². The smallest absolute Gasteiger partial charge is 0.225 e. The molecule has 0 amide bonds. The van der Waals surface area contributed by atoms with Crippen LogP contribution in [0.15, 0.2) is 41.9 Å². The van der Waals surface area contributed by atoms with E-state index in [1.807, 2.05) is 16.0 Å². The molecule has 0 unspecified atom stereocenters. The quantitative estimate of drug-likeness (QED) is 0.429. The minimum absolute atomic E-state index is 0.305. The summed E-state index contributed by atoms with van der Waals surface area (Å²) in [5, 5.41) is 9.10. The second-order valence-corrected chi connectivity index (χ2v) is 9.13. The van der Waals surface area contributed by atoms with Crippen LogP contribution in [0, 0.1) is 11.7 Å². The second kappa shape index (κ2) is 8.90. The van der Waals surface area contributed by atoms with Gasteiger partial charge in [0.1, 0.15) is 17.2 Å². The van der Waals surface area contributed by atoms with Gasteiger partial charge in [0, 0.05) is 11.4 Å². The summed E-state index contributed by atoms with van der Waals surface area (Å²) in [6.45, 7) is 3.28. The van der Waals surface area contributed by atoms with Gasteiger partial charge < -0.3 is 15.2 Å². The molecule has 0 bridgehead atoms. The average molecular weight is 457 g/mol. The molecule has 160 valence electrons. The molecule has 1 aromatic carbocycles. The number of nitrogens with zero attached hydrogens (tertiary/aromatic N) is 4. The molecule has 0 aliphatic carbocycles. The van der Waals surface area contributed by atoms with Crippen LogP contribution in [0.5, 0.6) is 0 Å². The Morgan fingerprint density at radius 2 is 2.19 bits per heavy atom. The largest absolute Gasteiger partial charge is 0.349 e. The van der Waals surface area contributed by atoms with Crippen molar-refractivity contribution in [3.05, 3.63) is 57.6 Å². The van der Waals surface area contributed by atoms with Gasteiger partial charge in [0.25, 0.3) is 0 Å². The van der Waals surface area contributed by atoms with Gasteiger partial charge in [0.05, 0.1) is 23.3 Å². The van der Waals surface area contributed by atoms with Gasteiger partial charge in [-0.25, -0.2) is 14.4 Å². The van der Waals surface area contributed by atoms with E-state index < -0.39 is 5.82 Å². The van der Waals surface area contributed by atoms with Crippen LogP contribution < -0.4 is 10.6 Å². The maximum absolute atomic E-state index is 14.8. The van der Waals surface area contributed by atoms with Crippen LogP contribution in [0.4, 0.5) is 10.3 Å². The van der Waals surface area contributed by atoms with Gasteiger partial charge in [-0.15, -0.1) is 11.3 Å². The summed E-state index contributed by atoms with van der Waals surface area (Å²) in [4.78, 5) is 15.0. The molecular weight excluding hydrogens is 435 g/mol. The first-order valence-electron chi connectivity index (χ1n) is 10.3. The lowest BCUT2D eigenvalue weighted by Crippen LogP contribution is -2.32. The highest BCUT2D eigenvalue weighted by atomic mass is 35.5. The first kappa shape index (κ1) is 20.4. The van der Waals surface area contributed by atoms with E-state index in [-0.39, 0.29) is 0 Å². The molecule has 1 atom stereocenters. The first-order valence-corrected chi connectivity index (χ1v) is 11.6. The highest BCUT2D eigenvalue weighted by Gasteiger charge is 2.23. The summed E-state index contributed by atoms with van der Waals surface area (Å²) in [6.07, 6.45) is 3.91. The molecule has 0 spiro atoms. The van der Waals surface area contributed by atoms with Crippen molar-refractivity contribution in [2.75, 3.05) is 18.4 Å². The van der Waals surface area contributed by atoms with E-state index in [2.05, 4.69) is 26.7 Å². The lowest BCUT2D eigenvalue weighted by atomic mass is 9.99. The fourth-order valence-corrected chi connectivity index (χ4v) is 4.89. The van der Waals surface area contributed by atoms with E-state index in [9.17, 15) is 4.39 Å². The maximum atomic E-state index is 14.8. The number of hydrogen-bond donors (Lipinski definition) is 2. The topological polar surface area (TPSA) is 67.7 Å². The van der Waals surface area contributed by atoms with E-state index in [0.717, 1.165) is 25.9 Å². The number of nitrogens with one attached hydrogen (secondary N) is 2. The maximum Gasteiger partial charge on any atom is 0.225 e. The van der Waals surface area contributed by atoms with Crippen LogP contribution in [0.1, 0.15) is 17.7 Å². The number of thiophene rings is 1. The van der Waals surface area contributed by atoms with E-state index in [4.69, 9.17) is 16.6 Å². The van der Waals surface area contributed by atoms with Crippen LogP contribution in [0.3, 0.4) is 0 Å². The highest BCUT2D eigenvalue weighted by Crippen LogP contribution is 2.33. The van der Waals surface area contributed by atoms with Crippen molar-refractivity contribution in [3.63, 3.8) is 0 Å². The number of halogens is 2. The number of rotatable bonds is 6.